The zero-order chi connectivity index (χ0) is 28.4. The Hall–Kier alpha value is 0.834. The molecule has 0 spiro atoms. The Morgan fingerprint density at radius 3 is 2.03 bits per heavy atom. The normalized spacial score (nSPS) is 17.0. The fraction of sp³-hybridized carbons (Fsp3) is 0.893. The van der Waals surface area contributed by atoms with Crippen LogP contribution in [0.15, 0.2) is 0 Å². The van der Waals surface area contributed by atoms with Gasteiger partial charge in [0.2, 0.25) is 0 Å². The molecule has 0 aliphatic heterocycles. The molecule has 0 aromatic rings. The van der Waals surface area contributed by atoms with Crippen LogP contribution in [0.5, 0.6) is 0 Å². The first-order chi connectivity index (χ1) is 16.4. The van der Waals surface area contributed by atoms with Gasteiger partial charge < -0.3 is 11.2 Å². The molecule has 0 aliphatic carbocycles. The standard InChI is InChI=1S/C28H52B6O2.Y/c1-19(2)14-13-17-31-20(3)15-16-21(4)34(30)24(7)22(5)23(6)25(36)28(10,11)26(33(12)32-29)27(8,9)18-35;/h14,19-24,26H,13,15-17H2,1-12H3;/q-2;. The number of Topliss-reactive ketones (excluding diaryl/α,β-unsaturated/α-hetero) is 1. The zero-order valence-corrected chi connectivity index (χ0v) is 29.1. The zero-order valence-electron chi connectivity index (χ0n) is 26.3. The van der Waals surface area contributed by atoms with Gasteiger partial charge in [-0.3, -0.25) is 11.1 Å². The van der Waals surface area contributed by atoms with E-state index in [2.05, 4.69) is 61.5 Å². The van der Waals surface area contributed by atoms with E-state index >= 15 is 0 Å². The molecule has 0 rings (SSSR count). The second-order valence-electron chi connectivity index (χ2n) is 13.3. The third kappa shape index (κ3) is 12.5. The Bertz CT molecular complexity index is 661. The summed E-state index contributed by atoms with van der Waals surface area (Å²) in [6.07, 6.45) is 9.09. The van der Waals surface area contributed by atoms with E-state index in [1.54, 1.807) is 7.06 Å². The van der Waals surface area contributed by atoms with Crippen LogP contribution in [0.2, 0.25) is 36.4 Å². The van der Waals surface area contributed by atoms with Crippen molar-refractivity contribution in [3.63, 3.8) is 0 Å². The molecular formula is C28H52B6O2Y-2. The number of carbonyl (C=O) groups excluding carboxylic acids is 2. The molecule has 6 unspecified atom stereocenters. The van der Waals surface area contributed by atoms with Gasteiger partial charge in [-0.25, -0.2) is 0 Å². The van der Waals surface area contributed by atoms with E-state index in [9.17, 15) is 9.59 Å². The predicted molar refractivity (Wildman–Crippen MR) is 167 cm³/mol. The fourth-order valence-corrected chi connectivity index (χ4v) is 6.34. The molecule has 199 valence electrons. The minimum absolute atomic E-state index is 0. The summed E-state index contributed by atoms with van der Waals surface area (Å²) in [7, 11) is 16.7. The molecule has 0 N–H and O–H groups in total. The molecule has 7 radical (unpaired) electrons. The van der Waals surface area contributed by atoms with Crippen LogP contribution >= 0.6 is 0 Å². The van der Waals surface area contributed by atoms with Crippen LogP contribution < -0.4 is 0 Å². The minimum atomic E-state index is -0.783. The average Bonchev–Trinajstić information content (AvgIpc) is 2.81. The molecule has 0 saturated carbocycles. The van der Waals surface area contributed by atoms with Gasteiger partial charge in [0.15, 0.2) is 0 Å². The molecule has 0 aromatic carbocycles. The largest absolute Gasteiger partial charge is 0.541 e. The van der Waals surface area contributed by atoms with Crippen LogP contribution in [-0.2, 0) is 42.3 Å². The van der Waals surface area contributed by atoms with Gasteiger partial charge in [0.05, 0.1) is 13.2 Å². The summed E-state index contributed by atoms with van der Waals surface area (Å²) in [6, 6.07) is 0. The van der Waals surface area contributed by atoms with Crippen LogP contribution in [0.25, 0.3) is 0 Å². The van der Waals surface area contributed by atoms with Gasteiger partial charge in [-0.15, -0.1) is 11.7 Å². The second-order valence-corrected chi connectivity index (χ2v) is 13.3. The van der Waals surface area contributed by atoms with Crippen molar-refractivity contribution in [1.82, 2.24) is 0 Å². The Labute approximate surface area is 262 Å². The monoisotopic (exact) mass is 575 g/mol. The van der Waals surface area contributed by atoms with Gasteiger partial charge in [0, 0.05) is 66.6 Å². The minimum Gasteiger partial charge on any atom is -0.541 e. The van der Waals surface area contributed by atoms with Crippen molar-refractivity contribution in [2.45, 2.75) is 132 Å². The van der Waals surface area contributed by atoms with Crippen molar-refractivity contribution in [1.29, 1.82) is 0 Å². The van der Waals surface area contributed by atoms with E-state index in [-0.39, 0.29) is 75.2 Å². The Kier molecular flexibility index (Phi) is 19.8. The summed E-state index contributed by atoms with van der Waals surface area (Å²) in [4.78, 5) is 25.7. The van der Waals surface area contributed by atoms with E-state index in [0.717, 1.165) is 25.6 Å². The maximum Gasteiger partial charge on any atom is 0.141 e. The molecule has 0 amide bonds. The van der Waals surface area contributed by atoms with Crippen molar-refractivity contribution >= 4 is 55.1 Å². The molecule has 0 aromatic heterocycles. The molecule has 0 heterocycles. The van der Waals surface area contributed by atoms with Crippen LogP contribution in [0.1, 0.15) is 95.4 Å². The maximum atomic E-state index is 13.9. The van der Waals surface area contributed by atoms with Crippen LogP contribution in [0.4, 0.5) is 0 Å². The quantitative estimate of drug-likeness (QED) is 0.0982. The first-order valence-corrected chi connectivity index (χ1v) is 14.4. The van der Waals surface area contributed by atoms with Crippen molar-refractivity contribution in [3.8, 4) is 0 Å². The second kappa shape index (κ2) is 18.3. The van der Waals surface area contributed by atoms with Gasteiger partial charge in [0.25, 0.3) is 0 Å². The topological polar surface area (TPSA) is 34.1 Å². The smallest absolute Gasteiger partial charge is 0.141 e. The number of hydrogen-bond donors (Lipinski definition) is 0. The number of carbonyl (C=O) groups is 1. The molecular weight excluding hydrogens is 522 g/mol. The Balaban J connectivity index is 0. The molecule has 0 aliphatic rings. The first-order valence-electron chi connectivity index (χ1n) is 14.4. The van der Waals surface area contributed by atoms with Crippen LogP contribution in [-0.4, -0.2) is 55.1 Å². The molecule has 0 bridgehead atoms. The first kappa shape index (κ1) is 40.0. The molecule has 37 heavy (non-hydrogen) atoms. The third-order valence-corrected chi connectivity index (χ3v) is 9.03. The maximum absolute atomic E-state index is 13.9. The van der Waals surface area contributed by atoms with Crippen molar-refractivity contribution in [3.05, 3.63) is 6.42 Å². The van der Waals surface area contributed by atoms with E-state index in [1.807, 2.05) is 41.4 Å². The predicted octanol–water partition coefficient (Wildman–Crippen LogP) is 6.67. The number of ketones is 1. The summed E-state index contributed by atoms with van der Waals surface area (Å²) in [6.45, 7) is 24.9. The van der Waals surface area contributed by atoms with Gasteiger partial charge in [-0.2, -0.15) is 12.3 Å². The van der Waals surface area contributed by atoms with Gasteiger partial charge >= 0.3 is 0 Å². The molecule has 2 nitrogen and oxygen atoms in total. The fourth-order valence-electron chi connectivity index (χ4n) is 6.34. The summed E-state index contributed by atoms with van der Waals surface area (Å²) in [5, 5.41) is 0. The third-order valence-electron chi connectivity index (χ3n) is 9.03. The van der Waals surface area contributed by atoms with E-state index in [4.69, 9.17) is 15.5 Å². The van der Waals surface area contributed by atoms with Crippen LogP contribution in [0.3, 0.4) is 0 Å². The van der Waals surface area contributed by atoms with E-state index in [0.29, 0.717) is 17.6 Å². The Morgan fingerprint density at radius 1 is 1.03 bits per heavy atom. The molecule has 9 heteroatoms. The molecule has 6 atom stereocenters. The molecule has 0 saturated heterocycles. The van der Waals surface area contributed by atoms with E-state index < -0.39 is 10.8 Å². The number of rotatable bonds is 19. The SMILES string of the molecule is [B][B]B(C)C(C(C)(C)[C-]=O)C(C)(C)C(=O)C(C)C(C)C(C)B([B])C(C)CCC(C)[B]CC[CH-]C(C)C.[Y]. The van der Waals surface area contributed by atoms with Gasteiger partial charge in [-0.05, 0) is 5.92 Å². The summed E-state index contributed by atoms with van der Waals surface area (Å²) in [5.74, 6) is 1.72. The summed E-state index contributed by atoms with van der Waals surface area (Å²) >= 11 is 0. The molecule has 0 fully saturated rings. The van der Waals surface area contributed by atoms with E-state index in [1.165, 1.54) is 0 Å². The van der Waals surface area contributed by atoms with Crippen LogP contribution in [0, 0.1) is 35.0 Å². The van der Waals surface area contributed by atoms with Gasteiger partial charge in [-0.1, -0.05) is 119 Å². The van der Waals surface area contributed by atoms with Crippen molar-refractivity contribution in [2.75, 3.05) is 0 Å². The Morgan fingerprint density at radius 2 is 1.57 bits per heavy atom. The van der Waals surface area contributed by atoms with Crippen molar-refractivity contribution in [2.24, 2.45) is 28.6 Å². The number of hydrogen-bond acceptors (Lipinski definition) is 2. The van der Waals surface area contributed by atoms with Gasteiger partial charge in [0.1, 0.15) is 13.1 Å². The van der Waals surface area contributed by atoms with Crippen molar-refractivity contribution < 1.29 is 42.3 Å². The summed E-state index contributed by atoms with van der Waals surface area (Å²) < 4.78 is 0. The summed E-state index contributed by atoms with van der Waals surface area (Å²) in [5.41, 5.74) is -1.51. The average molecular weight is 575 g/mol.